The van der Waals surface area contributed by atoms with E-state index in [4.69, 9.17) is 4.74 Å². The van der Waals surface area contributed by atoms with E-state index in [9.17, 15) is 14.7 Å². The molecule has 8 nitrogen and oxygen atoms in total. The molecular weight excluding hydrogens is 420 g/mol. The molecule has 0 saturated carbocycles. The lowest BCUT2D eigenvalue weighted by molar-refractivity contribution is -0.125. The van der Waals surface area contributed by atoms with Gasteiger partial charge in [0, 0.05) is 19.3 Å². The van der Waals surface area contributed by atoms with Crippen molar-refractivity contribution in [3.05, 3.63) is 90.0 Å². The number of rotatable bonds is 5. The molecule has 1 saturated heterocycles. The number of carbonyl (C=O) groups is 1. The quantitative estimate of drug-likeness (QED) is 0.477. The zero-order valence-corrected chi connectivity index (χ0v) is 17.8. The zero-order valence-electron chi connectivity index (χ0n) is 17.8. The second-order valence-corrected chi connectivity index (χ2v) is 7.83. The van der Waals surface area contributed by atoms with Crippen molar-refractivity contribution in [3.63, 3.8) is 0 Å². The number of hydrogen-bond donors (Lipinski definition) is 1. The molecule has 4 aromatic rings. The van der Waals surface area contributed by atoms with Crippen molar-refractivity contribution in [3.8, 4) is 23.1 Å². The first-order valence-corrected chi connectivity index (χ1v) is 10.6. The summed E-state index contributed by atoms with van der Waals surface area (Å²) in [6, 6.07) is 18.0. The third-order valence-corrected chi connectivity index (χ3v) is 5.85. The van der Waals surface area contributed by atoms with Crippen molar-refractivity contribution in [2.45, 2.75) is 12.5 Å². The standard InChI is InChI=1S/C25H22N4O4/c1-2-22(30)27-15-13-18(16-27)28-21-12-14-26-24(31)23(21)29(25(28)32)17-8-10-20(11-9-17)33-19-6-4-3-5-7-19/h2-12,14,18H,1,13,15-16H2,(H,26,31)/t18-/m1/s1. The molecule has 2 aromatic carbocycles. The van der Waals surface area contributed by atoms with Gasteiger partial charge in [0.2, 0.25) is 11.8 Å². The van der Waals surface area contributed by atoms with Crippen LogP contribution in [0.2, 0.25) is 0 Å². The van der Waals surface area contributed by atoms with Crippen LogP contribution in [0, 0.1) is 0 Å². The molecule has 1 aliphatic heterocycles. The largest absolute Gasteiger partial charge is 0.492 e. The lowest BCUT2D eigenvalue weighted by Crippen LogP contribution is -2.31. The maximum atomic E-state index is 13.6. The van der Waals surface area contributed by atoms with Gasteiger partial charge < -0.3 is 14.7 Å². The number of benzene rings is 2. The molecule has 0 spiro atoms. The highest BCUT2D eigenvalue weighted by Gasteiger charge is 2.30. The maximum absolute atomic E-state index is 13.6. The van der Waals surface area contributed by atoms with Crippen LogP contribution in [0.3, 0.4) is 0 Å². The Labute approximate surface area is 189 Å². The minimum Gasteiger partial charge on any atom is -0.492 e. The lowest BCUT2D eigenvalue weighted by Gasteiger charge is -2.15. The Kier molecular flexibility index (Phi) is 5.18. The molecule has 1 N–H and O–H groups in total. The number of likely N-dealkylation sites (tertiary alicyclic amines) is 1. The Hall–Kier alpha value is -4.33. The van der Waals surface area contributed by atoms with Gasteiger partial charge in [-0.2, -0.15) is 0 Å². The number of aromatic hydroxyl groups is 1. The van der Waals surface area contributed by atoms with E-state index in [1.165, 1.54) is 16.8 Å². The summed E-state index contributed by atoms with van der Waals surface area (Å²) in [4.78, 5) is 31.3. The molecule has 0 unspecified atom stereocenters. The van der Waals surface area contributed by atoms with Crippen molar-refractivity contribution in [2.24, 2.45) is 0 Å². The van der Waals surface area contributed by atoms with Crippen LogP contribution in [0.5, 0.6) is 17.4 Å². The first-order chi connectivity index (χ1) is 16.1. The molecule has 5 rings (SSSR count). The summed E-state index contributed by atoms with van der Waals surface area (Å²) >= 11 is 0. The number of para-hydroxylation sites is 1. The van der Waals surface area contributed by atoms with Crippen molar-refractivity contribution in [2.75, 3.05) is 13.1 Å². The average Bonchev–Trinajstić information content (AvgIpc) is 3.43. The van der Waals surface area contributed by atoms with E-state index < -0.39 is 0 Å². The van der Waals surface area contributed by atoms with Crippen LogP contribution < -0.4 is 10.4 Å². The van der Waals surface area contributed by atoms with Gasteiger partial charge in [-0.1, -0.05) is 24.8 Å². The first kappa shape index (κ1) is 20.6. The molecule has 0 aliphatic carbocycles. The van der Waals surface area contributed by atoms with Gasteiger partial charge >= 0.3 is 5.69 Å². The van der Waals surface area contributed by atoms with E-state index in [1.54, 1.807) is 39.8 Å². The van der Waals surface area contributed by atoms with E-state index in [-0.39, 0.29) is 23.5 Å². The number of pyridine rings is 1. The summed E-state index contributed by atoms with van der Waals surface area (Å²) in [5, 5.41) is 10.5. The number of amides is 1. The number of aromatic nitrogens is 3. The second-order valence-electron chi connectivity index (χ2n) is 7.83. The minimum absolute atomic E-state index is 0.159. The van der Waals surface area contributed by atoms with E-state index in [0.29, 0.717) is 47.7 Å². The molecule has 8 heteroatoms. The fourth-order valence-corrected chi connectivity index (χ4v) is 4.31. The monoisotopic (exact) mass is 442 g/mol. The van der Waals surface area contributed by atoms with Gasteiger partial charge in [-0.25, -0.2) is 9.78 Å². The molecule has 1 atom stereocenters. The third kappa shape index (κ3) is 3.65. The van der Waals surface area contributed by atoms with E-state index >= 15 is 0 Å². The van der Waals surface area contributed by atoms with Crippen molar-refractivity contribution >= 4 is 16.9 Å². The van der Waals surface area contributed by atoms with Crippen molar-refractivity contribution in [1.29, 1.82) is 0 Å². The summed E-state index contributed by atoms with van der Waals surface area (Å²) in [5.74, 6) is 0.942. The Morgan fingerprint density at radius 1 is 1.09 bits per heavy atom. The maximum Gasteiger partial charge on any atom is 0.334 e. The predicted molar refractivity (Wildman–Crippen MR) is 124 cm³/mol. The second kappa shape index (κ2) is 8.31. The number of hydrogen-bond acceptors (Lipinski definition) is 5. The molecule has 0 bridgehead atoms. The molecule has 1 aliphatic rings. The number of fused-ring (bicyclic) bond motifs is 1. The summed E-state index contributed by atoms with van der Waals surface area (Å²) in [5.41, 5.74) is 1.16. The molecule has 3 heterocycles. The molecule has 166 valence electrons. The summed E-state index contributed by atoms with van der Waals surface area (Å²) in [7, 11) is 0. The topological polar surface area (TPSA) is 89.6 Å². The number of imidazole rings is 1. The SMILES string of the molecule is C=CC(=O)N1CC[C@@H](n2c(=O)n(-c3ccc(Oc4ccccc4)cc3)c3c(O)nccc32)C1. The predicted octanol–water partition coefficient (Wildman–Crippen LogP) is 3.64. The van der Waals surface area contributed by atoms with Crippen LogP contribution in [0.15, 0.2) is 84.3 Å². The van der Waals surface area contributed by atoms with Crippen LogP contribution >= 0.6 is 0 Å². The van der Waals surface area contributed by atoms with Gasteiger partial charge in [0.25, 0.3) is 0 Å². The number of ether oxygens (including phenoxy) is 1. The first-order valence-electron chi connectivity index (χ1n) is 10.6. The summed E-state index contributed by atoms with van der Waals surface area (Å²) in [6.07, 6.45) is 3.38. The van der Waals surface area contributed by atoms with Gasteiger partial charge in [-0.3, -0.25) is 13.9 Å². The fraction of sp³-hybridized carbons (Fsp3) is 0.160. The van der Waals surface area contributed by atoms with Gasteiger partial charge in [-0.05, 0) is 55.0 Å². The third-order valence-electron chi connectivity index (χ3n) is 5.85. The van der Waals surface area contributed by atoms with Gasteiger partial charge in [0.15, 0.2) is 0 Å². The summed E-state index contributed by atoms with van der Waals surface area (Å²) in [6.45, 7) is 4.48. The van der Waals surface area contributed by atoms with Crippen LogP contribution in [0.1, 0.15) is 12.5 Å². The van der Waals surface area contributed by atoms with Gasteiger partial charge in [0.1, 0.15) is 17.0 Å². The highest BCUT2D eigenvalue weighted by molar-refractivity contribution is 5.87. The number of carbonyl (C=O) groups excluding carboxylic acids is 1. The molecule has 1 amide bonds. The number of nitrogens with zero attached hydrogens (tertiary/aromatic N) is 4. The van der Waals surface area contributed by atoms with Crippen LogP contribution in [-0.4, -0.2) is 43.1 Å². The average molecular weight is 442 g/mol. The minimum atomic E-state index is -0.303. The van der Waals surface area contributed by atoms with Crippen LogP contribution in [0.25, 0.3) is 16.7 Å². The van der Waals surface area contributed by atoms with Crippen LogP contribution in [0.4, 0.5) is 0 Å². The van der Waals surface area contributed by atoms with Crippen molar-refractivity contribution < 1.29 is 14.6 Å². The molecule has 2 aromatic heterocycles. The Morgan fingerprint density at radius 3 is 2.55 bits per heavy atom. The Morgan fingerprint density at radius 2 is 1.82 bits per heavy atom. The van der Waals surface area contributed by atoms with Crippen molar-refractivity contribution in [1.82, 2.24) is 19.0 Å². The van der Waals surface area contributed by atoms with Crippen LogP contribution in [-0.2, 0) is 4.79 Å². The molecular formula is C25H22N4O4. The summed E-state index contributed by atoms with van der Waals surface area (Å²) < 4.78 is 8.93. The van der Waals surface area contributed by atoms with Gasteiger partial charge in [-0.15, -0.1) is 0 Å². The Bertz CT molecular complexity index is 1390. The van der Waals surface area contributed by atoms with E-state index in [2.05, 4.69) is 11.6 Å². The molecule has 0 radical (unpaired) electrons. The van der Waals surface area contributed by atoms with E-state index in [0.717, 1.165) is 0 Å². The zero-order chi connectivity index (χ0) is 22.9. The Balaban J connectivity index is 1.55. The lowest BCUT2D eigenvalue weighted by atomic mass is 10.2. The molecule has 1 fully saturated rings. The molecule has 33 heavy (non-hydrogen) atoms. The smallest absolute Gasteiger partial charge is 0.334 e. The fourth-order valence-electron chi connectivity index (χ4n) is 4.31. The van der Waals surface area contributed by atoms with Gasteiger partial charge in [0.05, 0.1) is 17.2 Å². The highest BCUT2D eigenvalue weighted by Crippen LogP contribution is 2.30. The van der Waals surface area contributed by atoms with E-state index in [1.807, 2.05) is 30.3 Å². The highest BCUT2D eigenvalue weighted by atomic mass is 16.5. The normalized spacial score (nSPS) is 15.6.